The third-order valence-electron chi connectivity index (χ3n) is 2.32. The van der Waals surface area contributed by atoms with E-state index in [0.717, 1.165) is 11.1 Å². The number of allylic oxidation sites excluding steroid dienone is 4. The molecule has 3 nitrogen and oxygen atoms in total. The second-order valence-electron chi connectivity index (χ2n) is 3.44. The molecule has 15 heavy (non-hydrogen) atoms. The Hall–Kier alpha value is -1.77. The van der Waals surface area contributed by atoms with Gasteiger partial charge in [-0.05, 0) is 31.4 Å². The lowest BCUT2D eigenvalue weighted by Gasteiger charge is -2.16. The maximum atomic E-state index is 10.8. The topological polar surface area (TPSA) is 63.3 Å². The Labute approximate surface area is 89.3 Å². The third-order valence-corrected chi connectivity index (χ3v) is 2.32. The van der Waals surface area contributed by atoms with Gasteiger partial charge < -0.3 is 10.8 Å². The van der Waals surface area contributed by atoms with Crippen LogP contribution in [0.5, 0.6) is 0 Å². The fourth-order valence-corrected chi connectivity index (χ4v) is 1.58. The van der Waals surface area contributed by atoms with Crippen LogP contribution in [0.15, 0.2) is 47.2 Å². The van der Waals surface area contributed by atoms with Crippen molar-refractivity contribution in [1.82, 2.24) is 0 Å². The summed E-state index contributed by atoms with van der Waals surface area (Å²) < 4.78 is 0. The Morgan fingerprint density at radius 3 is 2.73 bits per heavy atom. The van der Waals surface area contributed by atoms with E-state index in [-0.39, 0.29) is 0 Å². The summed E-state index contributed by atoms with van der Waals surface area (Å²) >= 11 is 0. The van der Waals surface area contributed by atoms with Crippen LogP contribution in [-0.4, -0.2) is 11.1 Å². The van der Waals surface area contributed by atoms with Crippen LogP contribution in [0.25, 0.3) is 0 Å². The Morgan fingerprint density at radius 1 is 1.60 bits per heavy atom. The summed E-state index contributed by atoms with van der Waals surface area (Å²) in [7, 11) is 0. The largest absolute Gasteiger partial charge is 0.478 e. The first-order valence-corrected chi connectivity index (χ1v) is 4.80. The Kier molecular flexibility index (Phi) is 3.50. The number of hydrogen-bond donors (Lipinski definition) is 2. The first-order chi connectivity index (χ1) is 7.06. The molecular weight excluding hydrogens is 190 g/mol. The van der Waals surface area contributed by atoms with Gasteiger partial charge in [0.25, 0.3) is 0 Å². The van der Waals surface area contributed by atoms with Crippen LogP contribution in [0, 0.1) is 0 Å². The fourth-order valence-electron chi connectivity index (χ4n) is 1.58. The van der Waals surface area contributed by atoms with Gasteiger partial charge in [-0.2, -0.15) is 0 Å². The molecule has 3 N–H and O–H groups in total. The standard InChI is InChI=1S/C12H15NO2/c1-3-4-9-5-6-10(12(14)15)7-11(9)8(2)13/h3-4,7H,2,5-6,13H2,1H3,(H,14,15)/b4-3-. The van der Waals surface area contributed by atoms with Gasteiger partial charge in [0.15, 0.2) is 0 Å². The average Bonchev–Trinajstić information content (AvgIpc) is 2.18. The van der Waals surface area contributed by atoms with Crippen molar-refractivity contribution in [2.24, 2.45) is 5.73 Å². The smallest absolute Gasteiger partial charge is 0.331 e. The van der Waals surface area contributed by atoms with E-state index in [0.29, 0.717) is 24.1 Å². The van der Waals surface area contributed by atoms with E-state index in [1.165, 1.54) is 0 Å². The summed E-state index contributed by atoms with van der Waals surface area (Å²) in [5.41, 5.74) is 8.24. The molecule has 0 amide bonds. The molecule has 0 bridgehead atoms. The highest BCUT2D eigenvalue weighted by Crippen LogP contribution is 2.27. The SMILES string of the molecule is C=C(N)C1=C(/C=C\C)CCC(C(=O)O)=C1. The predicted molar refractivity (Wildman–Crippen MR) is 60.1 cm³/mol. The van der Waals surface area contributed by atoms with E-state index in [1.54, 1.807) is 6.08 Å². The zero-order valence-electron chi connectivity index (χ0n) is 8.79. The molecule has 0 radical (unpaired) electrons. The van der Waals surface area contributed by atoms with Gasteiger partial charge >= 0.3 is 5.97 Å². The molecule has 1 rings (SSSR count). The van der Waals surface area contributed by atoms with Crippen molar-refractivity contribution in [3.05, 3.63) is 47.2 Å². The van der Waals surface area contributed by atoms with Crippen LogP contribution >= 0.6 is 0 Å². The molecule has 0 spiro atoms. The summed E-state index contributed by atoms with van der Waals surface area (Å²) in [5.74, 6) is -0.881. The molecule has 0 aromatic heterocycles. The monoisotopic (exact) mass is 205 g/mol. The van der Waals surface area contributed by atoms with E-state index < -0.39 is 5.97 Å². The molecule has 80 valence electrons. The molecule has 0 atom stereocenters. The van der Waals surface area contributed by atoms with Crippen molar-refractivity contribution in [1.29, 1.82) is 0 Å². The van der Waals surface area contributed by atoms with Crippen LogP contribution in [0.4, 0.5) is 0 Å². The van der Waals surface area contributed by atoms with Crippen LogP contribution in [-0.2, 0) is 4.79 Å². The van der Waals surface area contributed by atoms with E-state index in [2.05, 4.69) is 6.58 Å². The summed E-state index contributed by atoms with van der Waals surface area (Å²) in [5, 5.41) is 8.87. The number of carbonyl (C=O) groups is 1. The molecule has 0 unspecified atom stereocenters. The summed E-state index contributed by atoms with van der Waals surface area (Å²) in [6.07, 6.45) is 6.73. The second kappa shape index (κ2) is 4.64. The van der Waals surface area contributed by atoms with Gasteiger partial charge in [0.1, 0.15) is 0 Å². The zero-order valence-corrected chi connectivity index (χ0v) is 8.79. The molecule has 0 fully saturated rings. The number of carboxylic acids is 1. The van der Waals surface area contributed by atoms with Gasteiger partial charge in [0.2, 0.25) is 0 Å². The predicted octanol–water partition coefficient (Wildman–Crippen LogP) is 2.14. The highest BCUT2D eigenvalue weighted by atomic mass is 16.4. The highest BCUT2D eigenvalue weighted by Gasteiger charge is 2.16. The van der Waals surface area contributed by atoms with Crippen LogP contribution in [0.2, 0.25) is 0 Å². The number of hydrogen-bond acceptors (Lipinski definition) is 2. The molecule has 3 heteroatoms. The van der Waals surface area contributed by atoms with Crippen molar-refractivity contribution >= 4 is 5.97 Å². The van der Waals surface area contributed by atoms with Crippen LogP contribution in [0.3, 0.4) is 0 Å². The van der Waals surface area contributed by atoms with Gasteiger partial charge in [0, 0.05) is 16.8 Å². The van der Waals surface area contributed by atoms with E-state index in [1.807, 2.05) is 19.1 Å². The number of carboxylic acid groups (broad SMARTS) is 1. The lowest BCUT2D eigenvalue weighted by molar-refractivity contribution is -0.132. The maximum Gasteiger partial charge on any atom is 0.331 e. The minimum atomic E-state index is -0.881. The summed E-state index contributed by atoms with van der Waals surface area (Å²) in [6, 6.07) is 0. The first-order valence-electron chi connectivity index (χ1n) is 4.80. The minimum Gasteiger partial charge on any atom is -0.478 e. The molecule has 1 aliphatic carbocycles. The molecule has 1 aliphatic rings. The number of rotatable bonds is 3. The van der Waals surface area contributed by atoms with E-state index in [9.17, 15) is 4.79 Å². The van der Waals surface area contributed by atoms with Crippen molar-refractivity contribution < 1.29 is 9.90 Å². The Balaban J connectivity index is 3.15. The third kappa shape index (κ3) is 2.59. The number of aliphatic carboxylic acids is 1. The van der Waals surface area contributed by atoms with Crippen LogP contribution in [0.1, 0.15) is 19.8 Å². The maximum absolute atomic E-state index is 10.8. The van der Waals surface area contributed by atoms with E-state index >= 15 is 0 Å². The van der Waals surface area contributed by atoms with Gasteiger partial charge in [-0.3, -0.25) is 0 Å². The van der Waals surface area contributed by atoms with Crippen molar-refractivity contribution in [3.8, 4) is 0 Å². The number of nitrogens with two attached hydrogens (primary N) is 1. The fraction of sp³-hybridized carbons (Fsp3) is 0.250. The molecule has 0 saturated heterocycles. The average molecular weight is 205 g/mol. The molecule has 0 aromatic rings. The van der Waals surface area contributed by atoms with Gasteiger partial charge in [-0.15, -0.1) is 0 Å². The highest BCUT2D eigenvalue weighted by molar-refractivity contribution is 5.88. The molecule has 0 saturated carbocycles. The quantitative estimate of drug-likeness (QED) is 0.742. The van der Waals surface area contributed by atoms with Crippen molar-refractivity contribution in [2.75, 3.05) is 0 Å². The summed E-state index contributed by atoms with van der Waals surface area (Å²) in [4.78, 5) is 10.8. The van der Waals surface area contributed by atoms with Crippen LogP contribution < -0.4 is 5.73 Å². The Morgan fingerprint density at radius 2 is 2.27 bits per heavy atom. The second-order valence-corrected chi connectivity index (χ2v) is 3.44. The molecule has 0 aromatic carbocycles. The van der Waals surface area contributed by atoms with Gasteiger partial charge in [-0.25, -0.2) is 4.79 Å². The van der Waals surface area contributed by atoms with Crippen molar-refractivity contribution in [3.63, 3.8) is 0 Å². The molecule has 0 heterocycles. The lowest BCUT2D eigenvalue weighted by atomic mass is 9.90. The Bertz CT molecular complexity index is 386. The molecule has 0 aliphatic heterocycles. The zero-order chi connectivity index (χ0) is 11.4. The van der Waals surface area contributed by atoms with Gasteiger partial charge in [-0.1, -0.05) is 18.7 Å². The van der Waals surface area contributed by atoms with Crippen molar-refractivity contribution in [2.45, 2.75) is 19.8 Å². The minimum absolute atomic E-state index is 0.393. The summed E-state index contributed by atoms with van der Waals surface area (Å²) in [6.45, 7) is 5.57. The van der Waals surface area contributed by atoms with Gasteiger partial charge in [0.05, 0.1) is 0 Å². The molecular formula is C12H15NO2. The normalized spacial score (nSPS) is 16.7. The first kappa shape index (κ1) is 11.3. The lowest BCUT2D eigenvalue weighted by Crippen LogP contribution is -2.10. The van der Waals surface area contributed by atoms with E-state index in [4.69, 9.17) is 10.8 Å².